The van der Waals surface area contributed by atoms with Gasteiger partial charge in [-0.2, -0.15) is 13.2 Å². The van der Waals surface area contributed by atoms with Gasteiger partial charge in [-0.05, 0) is 109 Å². The van der Waals surface area contributed by atoms with Gasteiger partial charge < -0.3 is 75.8 Å². The van der Waals surface area contributed by atoms with Gasteiger partial charge in [0.05, 0.1) is 56.8 Å². The minimum absolute atomic E-state index is 0.0276. The smallest absolute Gasteiger partial charge is 0.463 e. The van der Waals surface area contributed by atoms with Crippen molar-refractivity contribution in [3.05, 3.63) is 317 Å². The average molecular weight is 1590 g/mol. The van der Waals surface area contributed by atoms with Crippen molar-refractivity contribution in [1.82, 2.24) is 0 Å². The summed E-state index contributed by atoms with van der Waals surface area (Å²) in [4.78, 5) is 149. The van der Waals surface area contributed by atoms with Crippen molar-refractivity contribution in [2.75, 3.05) is 19.8 Å². The molecule has 1 unspecified atom stereocenters. The zero-order valence-electron chi connectivity index (χ0n) is 61.5. The Balaban J connectivity index is 1.05. The third kappa shape index (κ3) is 21.5. The fraction of sp³-hybridized carbons (Fsp3) is 0.244. The van der Waals surface area contributed by atoms with E-state index in [1.807, 2.05) is 0 Å². The molecular weight excluding hydrogens is 1520 g/mol. The molecule has 3 heterocycles. The molecule has 0 N–H and O–H groups in total. The Labute approximate surface area is 659 Å². The second-order valence-corrected chi connectivity index (χ2v) is 25.9. The topological polar surface area (TPSA) is 331 Å². The predicted molar refractivity (Wildman–Crippen MR) is 396 cm³/mol. The third-order valence-electron chi connectivity index (χ3n) is 17.9. The van der Waals surface area contributed by atoms with Gasteiger partial charge in [-0.3, -0.25) is 9.59 Å². The Bertz CT molecular complexity index is 4870. The maximum Gasteiger partial charge on any atom is 0.468 e. The molecule has 27 nitrogen and oxygen atoms in total. The third-order valence-corrected chi connectivity index (χ3v) is 17.9. The van der Waals surface area contributed by atoms with Gasteiger partial charge in [-0.1, -0.05) is 164 Å². The minimum atomic E-state index is -5.52. The van der Waals surface area contributed by atoms with Gasteiger partial charge in [-0.15, -0.1) is 0 Å². The number of alkyl halides is 3. The normalized spacial score (nSPS) is 23.1. The number of para-hydroxylation sites is 1. The summed E-state index contributed by atoms with van der Waals surface area (Å²) in [6.07, 6.45) is -39.1. The number of halogens is 3. The highest BCUT2D eigenvalue weighted by Crippen LogP contribution is 2.40. The van der Waals surface area contributed by atoms with Crippen LogP contribution in [0.2, 0.25) is 0 Å². The lowest BCUT2D eigenvalue weighted by atomic mass is 9.95. The van der Waals surface area contributed by atoms with Crippen LogP contribution >= 0.6 is 0 Å². The van der Waals surface area contributed by atoms with Gasteiger partial charge in [0.2, 0.25) is 6.29 Å². The lowest BCUT2D eigenvalue weighted by Gasteiger charge is -2.49. The van der Waals surface area contributed by atoms with Gasteiger partial charge in [0, 0.05) is 13.8 Å². The molecule has 9 aromatic rings. The summed E-state index contributed by atoms with van der Waals surface area (Å²) in [6.45, 7) is -1.21. The Morgan fingerprint density at radius 2 is 0.552 bits per heavy atom. The summed E-state index contributed by atoms with van der Waals surface area (Å²) in [5.41, 5.74) is -1.39. The van der Waals surface area contributed by atoms with Crippen LogP contribution in [0.1, 0.15) is 96.7 Å². The molecule has 30 heteroatoms. The van der Waals surface area contributed by atoms with Crippen molar-refractivity contribution < 1.29 is 137 Å². The van der Waals surface area contributed by atoms with Crippen LogP contribution in [0.25, 0.3) is 0 Å². The highest BCUT2D eigenvalue weighted by atomic mass is 19.4. The number of hydrogen-bond donors (Lipinski definition) is 0. The maximum absolute atomic E-state index is 15.7. The summed E-state index contributed by atoms with van der Waals surface area (Å²) >= 11 is 0. The first-order valence-electron chi connectivity index (χ1n) is 36.1. The molecule has 3 saturated heterocycles. The van der Waals surface area contributed by atoms with Gasteiger partial charge in [0.1, 0.15) is 37.6 Å². The molecule has 9 aromatic carbocycles. The predicted octanol–water partition coefficient (Wildman–Crippen LogP) is 11.8. The molecule has 598 valence electrons. The average Bonchev–Trinajstić information content (AvgIpc) is 0.767. The van der Waals surface area contributed by atoms with Crippen molar-refractivity contribution in [2.45, 2.75) is 112 Å². The second-order valence-electron chi connectivity index (χ2n) is 25.9. The molecule has 0 aliphatic carbocycles. The van der Waals surface area contributed by atoms with Crippen LogP contribution in [-0.2, 0) is 85.4 Å². The highest BCUT2D eigenvalue weighted by molar-refractivity contribution is 5.94. The Hall–Kier alpha value is -13.3. The summed E-state index contributed by atoms with van der Waals surface area (Å²) in [7, 11) is 0. The fourth-order valence-corrected chi connectivity index (χ4v) is 12.4. The SMILES string of the molecule is CC(=O)OC[C@H]1OC(OC(=Nc2ccccc2)C(F)(F)F)[C@H](OC(=O)c2ccccc2)[C@@H](O[C@@H]2O[C@H](CO[C@@H]3O[C@H](COC(=O)c4ccccc4)[C@@H](OC(=O)c4ccccc4)[C@H](OC(=O)c4ccccc4)[C@H]3OC(=O)c3ccccc3)[C@@H](OC(=O)c3ccccc3)[C@H](OC(=O)c3ccccc3)[C@H]2OC(=O)c2ccccc2)[C@@H]1OC(C)=O. The van der Waals surface area contributed by atoms with E-state index in [0.29, 0.717) is 0 Å². The first kappa shape index (κ1) is 82.2. The van der Waals surface area contributed by atoms with E-state index >= 15 is 27.6 Å². The first-order chi connectivity index (χ1) is 56.1. The van der Waals surface area contributed by atoms with E-state index < -0.39 is 184 Å². The molecule has 0 bridgehead atoms. The van der Waals surface area contributed by atoms with Crippen LogP contribution in [0.5, 0.6) is 0 Å². The van der Waals surface area contributed by atoms with Crippen molar-refractivity contribution in [3.63, 3.8) is 0 Å². The zero-order chi connectivity index (χ0) is 81.7. The molecule has 0 saturated carbocycles. The fourth-order valence-electron chi connectivity index (χ4n) is 12.4. The molecule has 3 fully saturated rings. The Kier molecular flexibility index (Phi) is 27.6. The van der Waals surface area contributed by atoms with E-state index in [9.17, 15) is 33.6 Å². The van der Waals surface area contributed by atoms with Crippen LogP contribution in [-0.4, -0.2) is 184 Å². The van der Waals surface area contributed by atoms with E-state index in [2.05, 4.69) is 4.99 Å². The minimum Gasteiger partial charge on any atom is -0.463 e. The first-order valence-corrected chi connectivity index (χ1v) is 36.1. The Morgan fingerprint density at radius 3 is 0.888 bits per heavy atom. The lowest BCUT2D eigenvalue weighted by Crippen LogP contribution is -2.68. The summed E-state index contributed by atoms with van der Waals surface area (Å²) in [5.74, 6) is -13.5. The molecule has 15 atom stereocenters. The van der Waals surface area contributed by atoms with Crippen LogP contribution in [0.15, 0.2) is 278 Å². The number of nitrogens with zero attached hydrogens (tertiary/aromatic N) is 1. The molecule has 3 aliphatic heterocycles. The zero-order valence-corrected chi connectivity index (χ0v) is 61.5. The molecule has 0 amide bonds. The van der Waals surface area contributed by atoms with Gasteiger partial charge in [0.25, 0.3) is 5.90 Å². The number of ether oxygens (including phenoxy) is 16. The number of aliphatic imine (C=N–C) groups is 1. The lowest BCUT2D eigenvalue weighted by molar-refractivity contribution is -0.359. The molecule has 0 aromatic heterocycles. The molecular formula is C86H72F3NO26. The van der Waals surface area contributed by atoms with E-state index in [4.69, 9.17) is 75.8 Å². The van der Waals surface area contributed by atoms with Crippen molar-refractivity contribution in [2.24, 2.45) is 4.99 Å². The van der Waals surface area contributed by atoms with Crippen LogP contribution in [0.3, 0.4) is 0 Å². The Morgan fingerprint density at radius 1 is 0.284 bits per heavy atom. The van der Waals surface area contributed by atoms with Crippen LogP contribution in [0, 0.1) is 0 Å². The van der Waals surface area contributed by atoms with E-state index in [1.165, 1.54) is 218 Å². The van der Waals surface area contributed by atoms with Crippen molar-refractivity contribution in [3.8, 4) is 0 Å². The summed E-state index contributed by atoms with van der Waals surface area (Å²) < 4.78 is 148. The van der Waals surface area contributed by atoms with Gasteiger partial charge in [-0.25, -0.2) is 43.3 Å². The molecule has 116 heavy (non-hydrogen) atoms. The number of hydrogen-bond acceptors (Lipinski definition) is 27. The van der Waals surface area contributed by atoms with E-state index in [1.54, 1.807) is 54.6 Å². The standard InChI is InChI=1S/C86H72F3NO26/c1-51(91)101-48-62-65(104-52(2)92)70(73(114-81(100)60-44-26-10-27-45-60)84(107-62)116-85(86(87,88)89)90-61-46-28-11-29-47-61)115-83-72(113-80(99)59-42-24-9-25-43-59)69(111-78(97)57-38-20-7-21-39-57)67(109-76(95)55-34-16-5-17-35-55)64(106-83)50-103-82-71(112-79(98)58-40-22-8-23-41-58)68(110-77(96)56-36-18-6-19-37-56)66(108-75(94)54-32-14-4-15-33-54)63(105-82)49-102-74(93)53-30-12-3-13-31-53/h3-47,62-73,82-84H,48-50H2,1-2H3/t62-,63-,64-,65-,66-,67-,68+,69+,70+,71-,72-,73-,82-,83+,84?/m1/s1. The molecule has 0 radical (unpaired) electrons. The van der Waals surface area contributed by atoms with E-state index in [-0.39, 0.29) is 50.2 Å². The maximum atomic E-state index is 15.7. The van der Waals surface area contributed by atoms with Crippen LogP contribution in [0.4, 0.5) is 18.9 Å². The molecule has 0 spiro atoms. The second kappa shape index (κ2) is 39.0. The number of rotatable bonds is 27. The number of carbonyl (C=O) groups excluding carboxylic acids is 10. The summed E-state index contributed by atoms with van der Waals surface area (Å²) in [5, 5.41) is 0. The molecule has 3 aliphatic rings. The quantitative estimate of drug-likeness (QED) is 0.0200. The molecule has 12 rings (SSSR count). The summed E-state index contributed by atoms with van der Waals surface area (Å²) in [6, 6.07) is 64.5. The number of esters is 10. The van der Waals surface area contributed by atoms with Gasteiger partial charge >= 0.3 is 65.9 Å². The number of carbonyl (C=O) groups is 10. The largest absolute Gasteiger partial charge is 0.468 e. The van der Waals surface area contributed by atoms with Crippen LogP contribution < -0.4 is 0 Å². The number of benzene rings is 9. The van der Waals surface area contributed by atoms with Gasteiger partial charge in [0.15, 0.2) is 61.4 Å². The van der Waals surface area contributed by atoms with Crippen molar-refractivity contribution in [1.29, 1.82) is 0 Å². The monoisotopic (exact) mass is 1590 g/mol. The highest BCUT2D eigenvalue weighted by Gasteiger charge is 2.61. The van der Waals surface area contributed by atoms with Crippen molar-refractivity contribution >= 4 is 71.3 Å². The van der Waals surface area contributed by atoms with E-state index in [0.717, 1.165) is 13.8 Å².